The van der Waals surface area contributed by atoms with E-state index in [9.17, 15) is 14.4 Å². The third kappa shape index (κ3) is 6.05. The summed E-state index contributed by atoms with van der Waals surface area (Å²) >= 11 is 0. The normalized spacial score (nSPS) is 11.8. The van der Waals surface area contributed by atoms with Crippen LogP contribution in [0, 0.1) is 5.92 Å². The molecule has 4 aromatic carbocycles. The topological polar surface area (TPSA) is 72.5 Å². The largest absolute Gasteiger partial charge is 0.456 e. The minimum atomic E-state index is -0.847. The number of carbonyl (C=O) groups excluding carboxylic acids is 3. The number of amides is 1. The third-order valence-electron chi connectivity index (χ3n) is 6.13. The molecule has 0 aliphatic carbocycles. The number of hydrogen-bond donors (Lipinski definition) is 1. The van der Waals surface area contributed by atoms with Gasteiger partial charge in [-0.2, -0.15) is 0 Å². The van der Waals surface area contributed by atoms with E-state index < -0.39 is 12.0 Å². The SMILES string of the molecule is CC(C)C(NC(=O)Cc1cccc2ccccc12)C(=O)OCC(=O)c1ccc(-c2ccccc2)cc1. The van der Waals surface area contributed by atoms with Crippen LogP contribution in [0.5, 0.6) is 0 Å². The number of benzene rings is 4. The summed E-state index contributed by atoms with van der Waals surface area (Å²) < 4.78 is 5.31. The Bertz CT molecular complexity index is 1360. The van der Waals surface area contributed by atoms with Gasteiger partial charge in [0.25, 0.3) is 0 Å². The zero-order valence-electron chi connectivity index (χ0n) is 20.4. The molecule has 0 heterocycles. The van der Waals surface area contributed by atoms with Crippen LogP contribution >= 0.6 is 0 Å². The number of hydrogen-bond acceptors (Lipinski definition) is 4. The van der Waals surface area contributed by atoms with Crippen molar-refractivity contribution in [3.05, 3.63) is 108 Å². The molecule has 5 heteroatoms. The van der Waals surface area contributed by atoms with Gasteiger partial charge in [0.05, 0.1) is 6.42 Å². The molecule has 0 spiro atoms. The molecular weight excluding hydrogens is 450 g/mol. The fraction of sp³-hybridized carbons (Fsp3) is 0.194. The van der Waals surface area contributed by atoms with Gasteiger partial charge in [-0.1, -0.05) is 111 Å². The maximum Gasteiger partial charge on any atom is 0.329 e. The second-order valence-corrected chi connectivity index (χ2v) is 9.08. The molecule has 182 valence electrons. The van der Waals surface area contributed by atoms with E-state index in [-0.39, 0.29) is 30.6 Å². The molecule has 0 aromatic heterocycles. The summed E-state index contributed by atoms with van der Waals surface area (Å²) in [6.07, 6.45) is 0.143. The van der Waals surface area contributed by atoms with E-state index in [1.54, 1.807) is 12.1 Å². The van der Waals surface area contributed by atoms with Gasteiger partial charge in [-0.3, -0.25) is 9.59 Å². The average molecular weight is 480 g/mol. The van der Waals surface area contributed by atoms with Crippen LogP contribution in [0.3, 0.4) is 0 Å². The predicted molar refractivity (Wildman–Crippen MR) is 142 cm³/mol. The van der Waals surface area contributed by atoms with Crippen molar-refractivity contribution in [1.82, 2.24) is 5.32 Å². The zero-order chi connectivity index (χ0) is 25.5. The lowest BCUT2D eigenvalue weighted by molar-refractivity contribution is -0.148. The molecule has 0 fully saturated rings. The van der Waals surface area contributed by atoms with Gasteiger partial charge in [-0.15, -0.1) is 0 Å². The third-order valence-corrected chi connectivity index (χ3v) is 6.13. The van der Waals surface area contributed by atoms with Crippen molar-refractivity contribution in [3.8, 4) is 11.1 Å². The van der Waals surface area contributed by atoms with Gasteiger partial charge < -0.3 is 10.1 Å². The highest BCUT2D eigenvalue weighted by molar-refractivity contribution is 5.99. The highest BCUT2D eigenvalue weighted by atomic mass is 16.5. The lowest BCUT2D eigenvalue weighted by atomic mass is 10.0. The molecule has 0 saturated carbocycles. The van der Waals surface area contributed by atoms with Crippen LogP contribution in [-0.4, -0.2) is 30.3 Å². The molecule has 0 bridgehead atoms. The Morgan fingerprint density at radius 3 is 2.11 bits per heavy atom. The highest BCUT2D eigenvalue weighted by Gasteiger charge is 2.26. The lowest BCUT2D eigenvalue weighted by Gasteiger charge is -2.21. The number of esters is 1. The van der Waals surface area contributed by atoms with Gasteiger partial charge in [0.2, 0.25) is 5.91 Å². The van der Waals surface area contributed by atoms with E-state index in [4.69, 9.17) is 4.74 Å². The molecule has 0 aliphatic rings. The van der Waals surface area contributed by atoms with Crippen LogP contribution in [0.25, 0.3) is 21.9 Å². The summed E-state index contributed by atoms with van der Waals surface area (Å²) in [5.41, 5.74) is 3.40. The van der Waals surface area contributed by atoms with E-state index in [0.717, 1.165) is 27.5 Å². The van der Waals surface area contributed by atoms with Gasteiger partial charge in [0.15, 0.2) is 12.4 Å². The fourth-order valence-corrected chi connectivity index (χ4v) is 4.13. The maximum absolute atomic E-state index is 12.8. The Labute approximate surface area is 211 Å². The number of carbonyl (C=O) groups is 3. The quantitative estimate of drug-likeness (QED) is 0.250. The number of fused-ring (bicyclic) bond motifs is 1. The minimum absolute atomic E-state index is 0.143. The van der Waals surface area contributed by atoms with Crippen LogP contribution in [0.15, 0.2) is 97.1 Å². The predicted octanol–water partition coefficient (Wildman–Crippen LogP) is 5.62. The van der Waals surface area contributed by atoms with Gasteiger partial charge >= 0.3 is 5.97 Å². The van der Waals surface area contributed by atoms with E-state index in [0.29, 0.717) is 5.56 Å². The second-order valence-electron chi connectivity index (χ2n) is 9.08. The molecule has 1 N–H and O–H groups in total. The first-order chi connectivity index (χ1) is 17.4. The summed E-state index contributed by atoms with van der Waals surface area (Å²) in [5.74, 6) is -1.39. The average Bonchev–Trinajstić information content (AvgIpc) is 2.91. The zero-order valence-corrected chi connectivity index (χ0v) is 20.4. The summed E-state index contributed by atoms with van der Waals surface area (Å²) in [6.45, 7) is 3.27. The molecule has 0 radical (unpaired) electrons. The van der Waals surface area contributed by atoms with Crippen molar-refractivity contribution in [1.29, 1.82) is 0 Å². The van der Waals surface area contributed by atoms with Crippen molar-refractivity contribution >= 4 is 28.4 Å². The molecule has 1 amide bonds. The molecular formula is C31H29NO4. The van der Waals surface area contributed by atoms with E-state index in [1.165, 1.54) is 0 Å². The van der Waals surface area contributed by atoms with Gasteiger partial charge in [-0.25, -0.2) is 4.79 Å². The maximum atomic E-state index is 12.8. The van der Waals surface area contributed by atoms with E-state index in [1.807, 2.05) is 98.8 Å². The molecule has 4 aromatic rings. The van der Waals surface area contributed by atoms with E-state index in [2.05, 4.69) is 5.32 Å². The van der Waals surface area contributed by atoms with Crippen molar-refractivity contribution < 1.29 is 19.1 Å². The van der Waals surface area contributed by atoms with Crippen LogP contribution in [0.4, 0.5) is 0 Å². The Morgan fingerprint density at radius 1 is 0.750 bits per heavy atom. The molecule has 4 rings (SSSR count). The van der Waals surface area contributed by atoms with Gasteiger partial charge in [0, 0.05) is 5.56 Å². The monoisotopic (exact) mass is 479 g/mol. The summed E-state index contributed by atoms with van der Waals surface area (Å²) in [5, 5.41) is 4.85. The Kier molecular flexibility index (Phi) is 7.91. The number of Topliss-reactive ketones (excluding diaryl/α,β-unsaturated/α-hetero) is 1. The fourth-order valence-electron chi connectivity index (χ4n) is 4.13. The second kappa shape index (κ2) is 11.5. The number of ether oxygens (including phenoxy) is 1. The van der Waals surface area contributed by atoms with Gasteiger partial charge in [0.1, 0.15) is 6.04 Å². The van der Waals surface area contributed by atoms with Crippen molar-refractivity contribution in [2.24, 2.45) is 5.92 Å². The standard InChI is InChI=1S/C31H29NO4/c1-21(2)30(32-29(34)19-26-13-8-12-24-11-6-7-14-27(24)26)31(35)36-20-28(33)25-17-15-23(16-18-25)22-9-4-3-5-10-22/h3-18,21,30H,19-20H2,1-2H3,(H,32,34). The van der Waals surface area contributed by atoms with Crippen LogP contribution in [-0.2, 0) is 20.7 Å². The number of rotatable bonds is 9. The number of ketones is 1. The first kappa shape index (κ1) is 24.9. The Morgan fingerprint density at radius 2 is 1.39 bits per heavy atom. The van der Waals surface area contributed by atoms with Crippen molar-refractivity contribution in [2.45, 2.75) is 26.3 Å². The summed E-state index contributed by atoms with van der Waals surface area (Å²) in [6, 6.07) is 29.9. The van der Waals surface area contributed by atoms with E-state index >= 15 is 0 Å². The molecule has 1 unspecified atom stereocenters. The number of nitrogens with one attached hydrogen (secondary N) is 1. The molecule has 5 nitrogen and oxygen atoms in total. The molecule has 0 aliphatic heterocycles. The molecule has 0 saturated heterocycles. The van der Waals surface area contributed by atoms with Crippen LogP contribution < -0.4 is 5.32 Å². The molecule has 36 heavy (non-hydrogen) atoms. The van der Waals surface area contributed by atoms with Crippen LogP contribution in [0.1, 0.15) is 29.8 Å². The van der Waals surface area contributed by atoms with Crippen molar-refractivity contribution in [2.75, 3.05) is 6.61 Å². The van der Waals surface area contributed by atoms with Gasteiger partial charge in [-0.05, 0) is 33.4 Å². The first-order valence-corrected chi connectivity index (χ1v) is 12.0. The lowest BCUT2D eigenvalue weighted by Crippen LogP contribution is -2.46. The minimum Gasteiger partial charge on any atom is -0.456 e. The Balaban J connectivity index is 1.35. The summed E-state index contributed by atoms with van der Waals surface area (Å²) in [7, 11) is 0. The highest BCUT2D eigenvalue weighted by Crippen LogP contribution is 2.20. The summed E-state index contributed by atoms with van der Waals surface area (Å²) in [4.78, 5) is 38.2. The first-order valence-electron chi connectivity index (χ1n) is 12.0. The van der Waals surface area contributed by atoms with Crippen LogP contribution in [0.2, 0.25) is 0 Å². The Hall–Kier alpha value is -4.25. The van der Waals surface area contributed by atoms with Crippen molar-refractivity contribution in [3.63, 3.8) is 0 Å². The molecule has 1 atom stereocenters. The smallest absolute Gasteiger partial charge is 0.329 e.